The van der Waals surface area contributed by atoms with Crippen LogP contribution in [0, 0.1) is 5.92 Å². The van der Waals surface area contributed by atoms with E-state index in [-0.39, 0.29) is 6.10 Å². The fraction of sp³-hybridized carbons (Fsp3) is 1.00. The SMILES string of the molecule is CCC(O)CN1CCCC1C(C)C. The Morgan fingerprint density at radius 2 is 2.15 bits per heavy atom. The summed E-state index contributed by atoms with van der Waals surface area (Å²) >= 11 is 0. The standard InChI is InChI=1S/C11H23NO/c1-4-10(13)8-12-7-5-6-11(12)9(2)3/h9-11,13H,4-8H2,1-3H3. The van der Waals surface area contributed by atoms with E-state index in [4.69, 9.17) is 0 Å². The van der Waals surface area contributed by atoms with E-state index in [1.807, 2.05) is 6.92 Å². The molecule has 0 aromatic heterocycles. The molecule has 1 N–H and O–H groups in total. The molecule has 0 aromatic rings. The van der Waals surface area contributed by atoms with Crippen LogP contribution in [0.2, 0.25) is 0 Å². The molecule has 2 heteroatoms. The predicted octanol–water partition coefficient (Wildman–Crippen LogP) is 1.88. The van der Waals surface area contributed by atoms with Gasteiger partial charge in [-0.15, -0.1) is 0 Å². The van der Waals surface area contributed by atoms with Gasteiger partial charge < -0.3 is 5.11 Å². The van der Waals surface area contributed by atoms with Crippen LogP contribution in [0.4, 0.5) is 0 Å². The van der Waals surface area contributed by atoms with Crippen molar-refractivity contribution in [3.8, 4) is 0 Å². The molecule has 1 saturated heterocycles. The van der Waals surface area contributed by atoms with Gasteiger partial charge in [-0.05, 0) is 31.7 Å². The van der Waals surface area contributed by atoms with E-state index in [2.05, 4.69) is 18.7 Å². The number of hydrogen-bond donors (Lipinski definition) is 1. The van der Waals surface area contributed by atoms with Crippen molar-refractivity contribution in [3.63, 3.8) is 0 Å². The van der Waals surface area contributed by atoms with E-state index in [1.54, 1.807) is 0 Å². The summed E-state index contributed by atoms with van der Waals surface area (Å²) in [5.74, 6) is 0.728. The van der Waals surface area contributed by atoms with Crippen molar-refractivity contribution in [1.82, 2.24) is 4.90 Å². The van der Waals surface area contributed by atoms with Gasteiger partial charge in [0.25, 0.3) is 0 Å². The zero-order chi connectivity index (χ0) is 9.84. The third kappa shape index (κ3) is 2.96. The van der Waals surface area contributed by atoms with Gasteiger partial charge in [-0.1, -0.05) is 20.8 Å². The maximum absolute atomic E-state index is 9.58. The van der Waals surface area contributed by atoms with Gasteiger partial charge in [0.05, 0.1) is 6.10 Å². The maximum Gasteiger partial charge on any atom is 0.0664 e. The van der Waals surface area contributed by atoms with Crippen molar-refractivity contribution >= 4 is 0 Å². The second kappa shape index (κ2) is 4.97. The molecule has 13 heavy (non-hydrogen) atoms. The van der Waals surface area contributed by atoms with Crippen LogP contribution in [0.25, 0.3) is 0 Å². The lowest BCUT2D eigenvalue weighted by Crippen LogP contribution is -2.38. The molecule has 1 rings (SSSR count). The monoisotopic (exact) mass is 185 g/mol. The number of β-amino-alcohol motifs (C(OH)–C–C–N with tert-alkyl or cyclic N) is 1. The largest absolute Gasteiger partial charge is 0.392 e. The highest BCUT2D eigenvalue weighted by atomic mass is 16.3. The lowest BCUT2D eigenvalue weighted by Gasteiger charge is -2.29. The summed E-state index contributed by atoms with van der Waals surface area (Å²) in [6, 6.07) is 0.709. The molecular formula is C11H23NO. The molecule has 0 amide bonds. The van der Waals surface area contributed by atoms with Crippen molar-refractivity contribution in [2.75, 3.05) is 13.1 Å². The molecule has 1 heterocycles. The van der Waals surface area contributed by atoms with Crippen molar-refractivity contribution < 1.29 is 5.11 Å². The summed E-state index contributed by atoms with van der Waals surface area (Å²) in [7, 11) is 0. The highest BCUT2D eigenvalue weighted by Crippen LogP contribution is 2.23. The average molecular weight is 185 g/mol. The third-order valence-corrected chi connectivity index (χ3v) is 3.10. The number of likely N-dealkylation sites (tertiary alicyclic amines) is 1. The lowest BCUT2D eigenvalue weighted by molar-refractivity contribution is 0.0912. The van der Waals surface area contributed by atoms with Crippen molar-refractivity contribution in [1.29, 1.82) is 0 Å². The fourth-order valence-electron chi connectivity index (χ4n) is 2.23. The van der Waals surface area contributed by atoms with Gasteiger partial charge in [-0.2, -0.15) is 0 Å². The molecule has 1 fully saturated rings. The Balaban J connectivity index is 2.39. The summed E-state index contributed by atoms with van der Waals surface area (Å²) in [5.41, 5.74) is 0. The molecule has 2 atom stereocenters. The predicted molar refractivity (Wildman–Crippen MR) is 55.7 cm³/mol. The zero-order valence-corrected chi connectivity index (χ0v) is 9.16. The van der Waals surface area contributed by atoms with Crippen LogP contribution in [0.1, 0.15) is 40.0 Å². The van der Waals surface area contributed by atoms with Crippen LogP contribution in [0.15, 0.2) is 0 Å². The van der Waals surface area contributed by atoms with Crippen LogP contribution in [-0.2, 0) is 0 Å². The van der Waals surface area contributed by atoms with Crippen molar-refractivity contribution in [3.05, 3.63) is 0 Å². The molecule has 2 unspecified atom stereocenters. The van der Waals surface area contributed by atoms with Crippen LogP contribution in [0.3, 0.4) is 0 Å². The Morgan fingerprint density at radius 1 is 1.46 bits per heavy atom. The fourth-order valence-corrected chi connectivity index (χ4v) is 2.23. The Bertz CT molecular complexity index is 147. The summed E-state index contributed by atoms with van der Waals surface area (Å²) in [4.78, 5) is 2.46. The first-order valence-corrected chi connectivity index (χ1v) is 5.57. The lowest BCUT2D eigenvalue weighted by atomic mass is 10.0. The Kier molecular flexibility index (Phi) is 4.20. The molecular weight excluding hydrogens is 162 g/mol. The van der Waals surface area contributed by atoms with E-state index in [0.717, 1.165) is 18.9 Å². The number of nitrogens with zero attached hydrogens (tertiary/aromatic N) is 1. The van der Waals surface area contributed by atoms with Gasteiger partial charge >= 0.3 is 0 Å². The van der Waals surface area contributed by atoms with Crippen molar-refractivity contribution in [2.45, 2.75) is 52.2 Å². The van der Waals surface area contributed by atoms with E-state index in [9.17, 15) is 5.11 Å². The Labute approximate surface area is 81.9 Å². The van der Waals surface area contributed by atoms with Gasteiger partial charge in [0.1, 0.15) is 0 Å². The van der Waals surface area contributed by atoms with E-state index < -0.39 is 0 Å². The maximum atomic E-state index is 9.58. The molecule has 1 aliphatic heterocycles. The molecule has 0 radical (unpaired) electrons. The second-order valence-electron chi connectivity index (χ2n) is 4.51. The van der Waals surface area contributed by atoms with Gasteiger partial charge in [-0.25, -0.2) is 0 Å². The number of rotatable bonds is 4. The van der Waals surface area contributed by atoms with E-state index >= 15 is 0 Å². The topological polar surface area (TPSA) is 23.5 Å². The zero-order valence-electron chi connectivity index (χ0n) is 9.16. The molecule has 0 aliphatic carbocycles. The smallest absolute Gasteiger partial charge is 0.0664 e. The number of aliphatic hydroxyl groups excluding tert-OH is 1. The average Bonchev–Trinajstić information content (AvgIpc) is 2.52. The van der Waals surface area contributed by atoms with Gasteiger partial charge in [0, 0.05) is 12.6 Å². The first kappa shape index (κ1) is 11.0. The molecule has 0 spiro atoms. The summed E-state index contributed by atoms with van der Waals surface area (Å²) < 4.78 is 0. The summed E-state index contributed by atoms with van der Waals surface area (Å²) in [5, 5.41) is 9.58. The van der Waals surface area contributed by atoms with Crippen LogP contribution in [0.5, 0.6) is 0 Å². The highest BCUT2D eigenvalue weighted by molar-refractivity contribution is 4.82. The van der Waals surface area contributed by atoms with Gasteiger partial charge in [0.2, 0.25) is 0 Å². The third-order valence-electron chi connectivity index (χ3n) is 3.10. The summed E-state index contributed by atoms with van der Waals surface area (Å²) in [6.07, 6.45) is 3.37. The van der Waals surface area contributed by atoms with Gasteiger partial charge in [0.15, 0.2) is 0 Å². The molecule has 0 saturated carbocycles. The highest BCUT2D eigenvalue weighted by Gasteiger charge is 2.27. The van der Waals surface area contributed by atoms with Gasteiger partial charge in [-0.3, -0.25) is 4.90 Å². The quantitative estimate of drug-likeness (QED) is 0.723. The minimum atomic E-state index is -0.126. The van der Waals surface area contributed by atoms with Crippen molar-refractivity contribution in [2.24, 2.45) is 5.92 Å². The van der Waals surface area contributed by atoms with E-state index in [0.29, 0.717) is 6.04 Å². The Hall–Kier alpha value is -0.0800. The number of hydrogen-bond acceptors (Lipinski definition) is 2. The molecule has 0 aromatic carbocycles. The van der Waals surface area contributed by atoms with Crippen LogP contribution in [-0.4, -0.2) is 35.2 Å². The summed E-state index contributed by atoms with van der Waals surface area (Å²) in [6.45, 7) is 8.66. The molecule has 0 bridgehead atoms. The van der Waals surface area contributed by atoms with Crippen LogP contribution >= 0.6 is 0 Å². The number of aliphatic hydroxyl groups is 1. The first-order valence-electron chi connectivity index (χ1n) is 5.57. The van der Waals surface area contributed by atoms with Crippen LogP contribution < -0.4 is 0 Å². The normalized spacial score (nSPS) is 27.0. The Morgan fingerprint density at radius 3 is 2.69 bits per heavy atom. The molecule has 2 nitrogen and oxygen atoms in total. The minimum Gasteiger partial charge on any atom is -0.392 e. The minimum absolute atomic E-state index is 0.126. The second-order valence-corrected chi connectivity index (χ2v) is 4.51. The molecule has 1 aliphatic rings. The molecule has 78 valence electrons. The first-order chi connectivity index (χ1) is 6.15. The van der Waals surface area contributed by atoms with E-state index in [1.165, 1.54) is 19.4 Å².